The molecule has 2 fully saturated rings. The SMILES string of the molecule is C[C@@H](Sc1nnc(-c2ccncc2)n1C1CC1)C(=O)N[C@@H]1CCS(=O)(=O)C1. The van der Waals surface area contributed by atoms with Gasteiger partial charge in [-0.1, -0.05) is 11.8 Å². The molecule has 2 atom stereocenters. The van der Waals surface area contributed by atoms with Crippen LogP contribution < -0.4 is 5.32 Å². The average molecular weight is 408 g/mol. The highest BCUT2D eigenvalue weighted by Gasteiger charge is 2.33. The zero-order valence-corrected chi connectivity index (χ0v) is 16.5. The van der Waals surface area contributed by atoms with Crippen molar-refractivity contribution in [2.24, 2.45) is 0 Å². The molecule has 2 aliphatic rings. The maximum atomic E-state index is 12.5. The topological polar surface area (TPSA) is 107 Å². The molecular formula is C17H21N5O3S2. The van der Waals surface area contributed by atoms with Gasteiger partial charge in [0.2, 0.25) is 5.91 Å². The lowest BCUT2D eigenvalue weighted by Gasteiger charge is -2.16. The number of nitrogens with one attached hydrogen (secondary N) is 1. The summed E-state index contributed by atoms with van der Waals surface area (Å²) >= 11 is 1.36. The Labute approximate surface area is 162 Å². The van der Waals surface area contributed by atoms with Gasteiger partial charge < -0.3 is 5.32 Å². The normalized spacial score (nSPS) is 22.5. The van der Waals surface area contributed by atoms with Crippen molar-refractivity contribution in [3.8, 4) is 11.4 Å². The third-order valence-corrected chi connectivity index (χ3v) is 7.57. The van der Waals surface area contributed by atoms with E-state index in [0.717, 1.165) is 24.2 Å². The predicted octanol–water partition coefficient (Wildman–Crippen LogP) is 1.46. The first-order valence-electron chi connectivity index (χ1n) is 8.96. The number of sulfone groups is 1. The number of hydrogen-bond donors (Lipinski definition) is 1. The molecule has 1 saturated heterocycles. The van der Waals surface area contributed by atoms with E-state index < -0.39 is 9.84 Å². The van der Waals surface area contributed by atoms with E-state index in [2.05, 4.69) is 25.1 Å². The quantitative estimate of drug-likeness (QED) is 0.722. The first-order chi connectivity index (χ1) is 12.9. The standard InChI is InChI=1S/C17H21N5O3S2/c1-11(16(23)19-13-6-9-27(24,25)10-13)26-17-21-20-15(22(17)14-2-3-14)12-4-7-18-8-5-12/h4-5,7-8,11,13-14H,2-3,6,9-10H2,1H3,(H,19,23)/t11-,13-/m1/s1. The van der Waals surface area contributed by atoms with Crippen molar-refractivity contribution in [1.29, 1.82) is 0 Å². The molecule has 3 heterocycles. The summed E-state index contributed by atoms with van der Waals surface area (Å²) in [5, 5.41) is 11.8. The number of carbonyl (C=O) groups is 1. The fourth-order valence-corrected chi connectivity index (χ4v) is 5.76. The monoisotopic (exact) mass is 407 g/mol. The Balaban J connectivity index is 1.48. The Morgan fingerprint density at radius 3 is 2.63 bits per heavy atom. The van der Waals surface area contributed by atoms with Crippen molar-refractivity contribution < 1.29 is 13.2 Å². The Morgan fingerprint density at radius 2 is 2.00 bits per heavy atom. The largest absolute Gasteiger partial charge is 0.351 e. The van der Waals surface area contributed by atoms with Crippen molar-refractivity contribution in [3.63, 3.8) is 0 Å². The second-order valence-electron chi connectivity index (χ2n) is 7.01. The molecule has 0 aromatic carbocycles. The van der Waals surface area contributed by atoms with E-state index >= 15 is 0 Å². The van der Waals surface area contributed by atoms with Crippen LogP contribution in [0, 0.1) is 0 Å². The summed E-state index contributed by atoms with van der Waals surface area (Å²) in [6.07, 6.45) is 6.07. The van der Waals surface area contributed by atoms with E-state index in [1.807, 2.05) is 19.1 Å². The molecule has 10 heteroatoms. The second-order valence-corrected chi connectivity index (χ2v) is 10.5. The molecule has 0 spiro atoms. The highest BCUT2D eigenvalue weighted by molar-refractivity contribution is 8.00. The lowest BCUT2D eigenvalue weighted by molar-refractivity contribution is -0.120. The summed E-state index contributed by atoms with van der Waals surface area (Å²) in [6, 6.07) is 3.86. The van der Waals surface area contributed by atoms with Crippen LogP contribution >= 0.6 is 11.8 Å². The van der Waals surface area contributed by atoms with Crippen molar-refractivity contribution >= 4 is 27.5 Å². The zero-order valence-electron chi connectivity index (χ0n) is 14.9. The maximum Gasteiger partial charge on any atom is 0.233 e. The number of aromatic nitrogens is 4. The van der Waals surface area contributed by atoms with Gasteiger partial charge in [-0.2, -0.15) is 0 Å². The molecule has 2 aromatic rings. The Hall–Kier alpha value is -1.94. The minimum Gasteiger partial charge on any atom is -0.351 e. The molecule has 27 heavy (non-hydrogen) atoms. The molecule has 1 aliphatic heterocycles. The van der Waals surface area contributed by atoms with E-state index in [9.17, 15) is 13.2 Å². The third kappa shape index (κ3) is 4.16. The molecule has 8 nitrogen and oxygen atoms in total. The van der Waals surface area contributed by atoms with Gasteiger partial charge in [0.25, 0.3) is 0 Å². The summed E-state index contributed by atoms with van der Waals surface area (Å²) in [5.74, 6) is 0.792. The molecule has 2 aromatic heterocycles. The summed E-state index contributed by atoms with van der Waals surface area (Å²) in [7, 11) is -3.02. The first-order valence-corrected chi connectivity index (χ1v) is 11.7. The van der Waals surface area contributed by atoms with E-state index in [4.69, 9.17) is 0 Å². The van der Waals surface area contributed by atoms with Crippen LogP contribution in [-0.2, 0) is 14.6 Å². The van der Waals surface area contributed by atoms with Crippen LogP contribution in [-0.4, -0.2) is 56.9 Å². The summed E-state index contributed by atoms with van der Waals surface area (Å²) in [5.41, 5.74) is 0.949. The van der Waals surface area contributed by atoms with Crippen molar-refractivity contribution in [3.05, 3.63) is 24.5 Å². The Bertz CT molecular complexity index is 941. The third-order valence-electron chi connectivity index (χ3n) is 4.75. The summed E-state index contributed by atoms with van der Waals surface area (Å²) in [4.78, 5) is 16.5. The average Bonchev–Trinajstić information content (AvgIpc) is 3.31. The number of thioether (sulfide) groups is 1. The van der Waals surface area contributed by atoms with Crippen LogP contribution in [0.25, 0.3) is 11.4 Å². The lowest BCUT2D eigenvalue weighted by atomic mass is 10.2. The first kappa shape index (κ1) is 18.4. The number of carbonyl (C=O) groups excluding carboxylic acids is 1. The molecule has 144 valence electrons. The van der Waals surface area contributed by atoms with Gasteiger partial charge in [0.15, 0.2) is 20.8 Å². The van der Waals surface area contributed by atoms with E-state index in [1.54, 1.807) is 12.4 Å². The van der Waals surface area contributed by atoms with Crippen molar-refractivity contribution in [2.45, 2.75) is 48.7 Å². The lowest BCUT2D eigenvalue weighted by Crippen LogP contribution is -2.40. The number of pyridine rings is 1. The van der Waals surface area contributed by atoms with Gasteiger partial charge in [0.1, 0.15) is 0 Å². The van der Waals surface area contributed by atoms with Gasteiger partial charge in [0.05, 0.1) is 16.8 Å². The van der Waals surface area contributed by atoms with Gasteiger partial charge in [-0.05, 0) is 38.3 Å². The molecule has 1 amide bonds. The fourth-order valence-electron chi connectivity index (χ4n) is 3.16. The van der Waals surface area contributed by atoms with E-state index in [0.29, 0.717) is 17.6 Å². The number of rotatable bonds is 6. The van der Waals surface area contributed by atoms with E-state index in [-0.39, 0.29) is 28.7 Å². The molecule has 1 saturated carbocycles. The minimum absolute atomic E-state index is 0.0283. The number of hydrogen-bond acceptors (Lipinski definition) is 7. The maximum absolute atomic E-state index is 12.5. The van der Waals surface area contributed by atoms with Crippen LogP contribution in [0.1, 0.15) is 32.2 Å². The van der Waals surface area contributed by atoms with Gasteiger partial charge in [-0.15, -0.1) is 10.2 Å². The van der Waals surface area contributed by atoms with Gasteiger partial charge >= 0.3 is 0 Å². The van der Waals surface area contributed by atoms with Gasteiger partial charge in [-0.25, -0.2) is 8.42 Å². The molecular weight excluding hydrogens is 386 g/mol. The van der Waals surface area contributed by atoms with Crippen LogP contribution in [0.3, 0.4) is 0 Å². The molecule has 1 N–H and O–H groups in total. The molecule has 1 aliphatic carbocycles. The predicted molar refractivity (Wildman–Crippen MR) is 102 cm³/mol. The van der Waals surface area contributed by atoms with Crippen LogP contribution in [0.15, 0.2) is 29.7 Å². The second kappa shape index (κ2) is 7.23. The highest BCUT2D eigenvalue weighted by Crippen LogP contribution is 2.41. The molecule has 0 radical (unpaired) electrons. The smallest absolute Gasteiger partial charge is 0.233 e. The van der Waals surface area contributed by atoms with Gasteiger partial charge in [0, 0.05) is 30.0 Å². The zero-order chi connectivity index (χ0) is 19.0. The van der Waals surface area contributed by atoms with Crippen LogP contribution in [0.2, 0.25) is 0 Å². The van der Waals surface area contributed by atoms with Crippen LogP contribution in [0.5, 0.6) is 0 Å². The number of amides is 1. The highest BCUT2D eigenvalue weighted by atomic mass is 32.2. The number of nitrogens with zero attached hydrogens (tertiary/aromatic N) is 4. The summed E-state index contributed by atoms with van der Waals surface area (Å²) in [6.45, 7) is 1.81. The Morgan fingerprint density at radius 1 is 1.26 bits per heavy atom. The molecule has 0 bridgehead atoms. The van der Waals surface area contributed by atoms with Gasteiger partial charge in [-0.3, -0.25) is 14.3 Å². The van der Waals surface area contributed by atoms with Crippen LogP contribution in [0.4, 0.5) is 0 Å². The Kier molecular flexibility index (Phi) is 4.94. The summed E-state index contributed by atoms with van der Waals surface area (Å²) < 4.78 is 25.2. The van der Waals surface area contributed by atoms with Crippen molar-refractivity contribution in [1.82, 2.24) is 25.1 Å². The fraction of sp³-hybridized carbons (Fsp3) is 0.529. The van der Waals surface area contributed by atoms with E-state index in [1.165, 1.54) is 11.8 Å². The molecule has 0 unspecified atom stereocenters. The molecule has 4 rings (SSSR count). The van der Waals surface area contributed by atoms with Crippen molar-refractivity contribution in [2.75, 3.05) is 11.5 Å². The minimum atomic E-state index is -3.02.